The third-order valence-corrected chi connectivity index (χ3v) is 3.73. The van der Waals surface area contributed by atoms with Crippen molar-refractivity contribution in [1.29, 1.82) is 0 Å². The number of alkyl halides is 2. The van der Waals surface area contributed by atoms with Gasteiger partial charge in [0.15, 0.2) is 0 Å². The molecule has 0 saturated carbocycles. The zero-order valence-electron chi connectivity index (χ0n) is 13.1. The summed E-state index contributed by atoms with van der Waals surface area (Å²) in [6, 6.07) is 6.53. The van der Waals surface area contributed by atoms with Crippen LogP contribution in [-0.2, 0) is 6.54 Å². The Bertz CT molecular complexity index is 882. The summed E-state index contributed by atoms with van der Waals surface area (Å²) in [5.41, 5.74) is 3.44. The van der Waals surface area contributed by atoms with Crippen LogP contribution in [0.25, 0.3) is 5.78 Å². The number of anilines is 1. The van der Waals surface area contributed by atoms with Crippen LogP contribution in [0.5, 0.6) is 5.75 Å². The molecular weight excluding hydrogens is 338 g/mol. The minimum absolute atomic E-state index is 0.0553. The van der Waals surface area contributed by atoms with E-state index in [0.717, 1.165) is 17.1 Å². The molecule has 2 heterocycles. The predicted octanol–water partition coefficient (Wildman–Crippen LogP) is 4.21. The van der Waals surface area contributed by atoms with E-state index in [-0.39, 0.29) is 10.8 Å². The molecule has 0 bridgehead atoms. The van der Waals surface area contributed by atoms with Gasteiger partial charge >= 0.3 is 6.61 Å². The van der Waals surface area contributed by atoms with Gasteiger partial charge in [-0.25, -0.2) is 9.97 Å². The quantitative estimate of drug-likeness (QED) is 0.747. The summed E-state index contributed by atoms with van der Waals surface area (Å²) in [5.74, 6) is 0.586. The number of aryl methyl sites for hydroxylation is 2. The lowest BCUT2D eigenvalue weighted by atomic mass is 10.3. The SMILES string of the molecule is Cc1cc(C)n2cc(CNc3ccc(OC(F)F)c(Cl)c3)nc2n1. The molecule has 0 fully saturated rings. The van der Waals surface area contributed by atoms with E-state index in [9.17, 15) is 8.78 Å². The first-order valence-corrected chi connectivity index (χ1v) is 7.60. The molecule has 0 atom stereocenters. The molecule has 0 spiro atoms. The summed E-state index contributed by atoms with van der Waals surface area (Å²) >= 11 is 5.93. The van der Waals surface area contributed by atoms with Crippen molar-refractivity contribution in [1.82, 2.24) is 14.4 Å². The van der Waals surface area contributed by atoms with E-state index in [1.54, 1.807) is 6.07 Å². The summed E-state index contributed by atoms with van der Waals surface area (Å²) in [4.78, 5) is 8.84. The molecule has 1 aromatic carbocycles. The molecule has 3 aromatic rings. The van der Waals surface area contributed by atoms with Crippen molar-refractivity contribution < 1.29 is 13.5 Å². The van der Waals surface area contributed by atoms with Gasteiger partial charge in [0.1, 0.15) is 5.75 Å². The molecule has 8 heteroatoms. The molecule has 3 rings (SSSR count). The number of rotatable bonds is 5. The van der Waals surface area contributed by atoms with E-state index in [1.807, 2.05) is 30.5 Å². The van der Waals surface area contributed by atoms with Gasteiger partial charge in [-0.1, -0.05) is 11.6 Å². The largest absolute Gasteiger partial charge is 0.433 e. The molecule has 0 saturated heterocycles. The maximum absolute atomic E-state index is 12.2. The van der Waals surface area contributed by atoms with Gasteiger partial charge in [0.25, 0.3) is 0 Å². The molecule has 5 nitrogen and oxygen atoms in total. The van der Waals surface area contributed by atoms with Gasteiger partial charge in [0.2, 0.25) is 5.78 Å². The molecule has 0 amide bonds. The second kappa shape index (κ2) is 6.60. The van der Waals surface area contributed by atoms with Crippen molar-refractivity contribution in [2.75, 3.05) is 5.32 Å². The zero-order valence-corrected chi connectivity index (χ0v) is 13.8. The molecule has 0 aliphatic heterocycles. The van der Waals surface area contributed by atoms with Gasteiger partial charge in [-0.15, -0.1) is 0 Å². The predicted molar refractivity (Wildman–Crippen MR) is 87.9 cm³/mol. The van der Waals surface area contributed by atoms with Gasteiger partial charge < -0.3 is 10.1 Å². The van der Waals surface area contributed by atoms with Crippen molar-refractivity contribution in [2.45, 2.75) is 27.0 Å². The Morgan fingerprint density at radius 1 is 1.25 bits per heavy atom. The van der Waals surface area contributed by atoms with E-state index >= 15 is 0 Å². The molecule has 126 valence electrons. The number of hydrogen-bond acceptors (Lipinski definition) is 4. The summed E-state index contributed by atoms with van der Waals surface area (Å²) in [6.45, 7) is 1.46. The van der Waals surface area contributed by atoms with Gasteiger partial charge in [-0.05, 0) is 38.1 Å². The van der Waals surface area contributed by atoms with E-state index < -0.39 is 6.61 Å². The van der Waals surface area contributed by atoms with Crippen LogP contribution in [0.1, 0.15) is 17.1 Å². The van der Waals surface area contributed by atoms with Crippen LogP contribution in [0.2, 0.25) is 5.02 Å². The van der Waals surface area contributed by atoms with Gasteiger partial charge in [0.05, 0.1) is 17.3 Å². The first-order valence-electron chi connectivity index (χ1n) is 7.23. The first kappa shape index (κ1) is 16.4. The standard InChI is InChI=1S/C16H15ClF2N4O/c1-9-5-10(2)23-8-12(22-16(23)21-9)7-20-11-3-4-14(13(17)6-11)24-15(18)19/h3-6,8,15,20H,7H2,1-2H3. The average molecular weight is 353 g/mol. The van der Waals surface area contributed by atoms with Crippen LogP contribution in [0, 0.1) is 13.8 Å². The Kier molecular flexibility index (Phi) is 4.53. The highest BCUT2D eigenvalue weighted by molar-refractivity contribution is 6.32. The number of imidazole rings is 1. The topological polar surface area (TPSA) is 51.5 Å². The molecule has 1 N–H and O–H groups in total. The van der Waals surface area contributed by atoms with Crippen LogP contribution in [0.3, 0.4) is 0 Å². The van der Waals surface area contributed by atoms with E-state index in [1.165, 1.54) is 12.1 Å². The Morgan fingerprint density at radius 3 is 2.75 bits per heavy atom. The van der Waals surface area contributed by atoms with E-state index in [4.69, 9.17) is 11.6 Å². The third kappa shape index (κ3) is 3.56. The summed E-state index contributed by atoms with van der Waals surface area (Å²) in [7, 11) is 0. The number of ether oxygens (including phenoxy) is 1. The van der Waals surface area contributed by atoms with Crippen molar-refractivity contribution in [3.63, 3.8) is 0 Å². The minimum Gasteiger partial charge on any atom is -0.433 e. The number of hydrogen-bond donors (Lipinski definition) is 1. The molecule has 0 radical (unpaired) electrons. The van der Waals surface area contributed by atoms with Gasteiger partial charge in [-0.2, -0.15) is 8.78 Å². The Hall–Kier alpha value is -2.41. The van der Waals surface area contributed by atoms with Gasteiger partial charge in [0, 0.05) is 23.3 Å². The lowest BCUT2D eigenvalue weighted by Gasteiger charge is -2.09. The van der Waals surface area contributed by atoms with Crippen LogP contribution < -0.4 is 10.1 Å². The summed E-state index contributed by atoms with van der Waals surface area (Å²) in [6.07, 6.45) is 1.90. The van der Waals surface area contributed by atoms with Crippen LogP contribution >= 0.6 is 11.6 Å². The smallest absolute Gasteiger partial charge is 0.387 e. The maximum Gasteiger partial charge on any atom is 0.387 e. The zero-order chi connectivity index (χ0) is 17.3. The maximum atomic E-state index is 12.2. The molecule has 0 aliphatic carbocycles. The average Bonchev–Trinajstić information content (AvgIpc) is 2.90. The number of benzene rings is 1. The number of aromatic nitrogens is 3. The Morgan fingerprint density at radius 2 is 2.04 bits per heavy atom. The van der Waals surface area contributed by atoms with Crippen LogP contribution in [-0.4, -0.2) is 21.0 Å². The Balaban J connectivity index is 1.74. The summed E-state index contributed by atoms with van der Waals surface area (Å²) in [5, 5.41) is 3.26. The normalized spacial score (nSPS) is 11.2. The fourth-order valence-corrected chi connectivity index (χ4v) is 2.62. The van der Waals surface area contributed by atoms with E-state index in [2.05, 4.69) is 20.0 Å². The van der Waals surface area contributed by atoms with Crippen molar-refractivity contribution in [3.05, 3.63) is 52.6 Å². The first-order chi connectivity index (χ1) is 11.4. The Labute approximate surface area is 142 Å². The highest BCUT2D eigenvalue weighted by Gasteiger charge is 2.10. The fraction of sp³-hybridized carbons (Fsp3) is 0.250. The van der Waals surface area contributed by atoms with Crippen molar-refractivity contribution >= 4 is 23.1 Å². The molecule has 0 aliphatic rings. The second-order valence-corrected chi connectivity index (χ2v) is 5.73. The van der Waals surface area contributed by atoms with Gasteiger partial charge in [-0.3, -0.25) is 4.40 Å². The minimum atomic E-state index is -2.90. The lowest BCUT2D eigenvalue weighted by molar-refractivity contribution is -0.0497. The van der Waals surface area contributed by atoms with Crippen molar-refractivity contribution in [2.24, 2.45) is 0 Å². The fourth-order valence-electron chi connectivity index (χ4n) is 2.40. The molecule has 0 unspecified atom stereocenters. The van der Waals surface area contributed by atoms with E-state index in [0.29, 0.717) is 18.0 Å². The molecule has 24 heavy (non-hydrogen) atoms. The highest BCUT2D eigenvalue weighted by atomic mass is 35.5. The van der Waals surface area contributed by atoms with Crippen molar-refractivity contribution in [3.8, 4) is 5.75 Å². The third-order valence-electron chi connectivity index (χ3n) is 3.43. The molecule has 2 aromatic heterocycles. The van der Waals surface area contributed by atoms with Crippen LogP contribution in [0.4, 0.5) is 14.5 Å². The highest BCUT2D eigenvalue weighted by Crippen LogP contribution is 2.29. The second-order valence-electron chi connectivity index (χ2n) is 5.32. The number of halogens is 3. The van der Waals surface area contributed by atoms with Crippen LogP contribution in [0.15, 0.2) is 30.5 Å². The number of nitrogens with one attached hydrogen (secondary N) is 1. The monoisotopic (exact) mass is 352 g/mol. The lowest BCUT2D eigenvalue weighted by Crippen LogP contribution is -2.03. The number of nitrogens with zero attached hydrogens (tertiary/aromatic N) is 3. The molecular formula is C16H15ClF2N4O. The number of fused-ring (bicyclic) bond motifs is 1. The summed E-state index contributed by atoms with van der Waals surface area (Å²) < 4.78 is 30.7.